The van der Waals surface area contributed by atoms with Crippen LogP contribution in [0.15, 0.2) is 176 Å². The molecule has 8 aromatic rings. The third-order valence-corrected chi connectivity index (χ3v) is 16.3. The fourth-order valence-corrected chi connectivity index (χ4v) is 13.6. The molecule has 8 aromatic carbocycles. The van der Waals surface area contributed by atoms with Gasteiger partial charge in [0.05, 0.1) is 5.69 Å². The summed E-state index contributed by atoms with van der Waals surface area (Å²) in [5, 5.41) is 0. The summed E-state index contributed by atoms with van der Waals surface area (Å²) in [6.07, 6.45) is 5.33. The monoisotopic (exact) mass is 797 g/mol. The molecule has 5 aliphatic rings. The number of anilines is 3. The number of fused-ring (bicyclic) bond motifs is 14. The Hall–Kier alpha value is -6.44. The van der Waals surface area contributed by atoms with Crippen molar-refractivity contribution in [1.82, 2.24) is 0 Å². The molecule has 3 atom stereocenters. The van der Waals surface area contributed by atoms with E-state index in [1.165, 1.54) is 121 Å². The average molecular weight is 798 g/mol. The predicted molar refractivity (Wildman–Crippen MR) is 259 cm³/mol. The second-order valence-electron chi connectivity index (χ2n) is 20.1. The Kier molecular flexibility index (Phi) is 7.48. The molecule has 1 nitrogen and oxygen atoms in total. The third kappa shape index (κ3) is 4.80. The van der Waals surface area contributed by atoms with Crippen LogP contribution in [0.25, 0.3) is 55.6 Å². The van der Waals surface area contributed by atoms with Gasteiger partial charge in [0.2, 0.25) is 0 Å². The van der Waals surface area contributed by atoms with Crippen LogP contribution in [-0.2, 0) is 16.2 Å². The van der Waals surface area contributed by atoms with Gasteiger partial charge in [0.15, 0.2) is 0 Å². The molecule has 0 aromatic heterocycles. The maximum Gasteiger partial charge on any atom is 0.0540 e. The molecule has 1 heteroatoms. The predicted octanol–water partition coefficient (Wildman–Crippen LogP) is 16.2. The number of hydrogen-bond donors (Lipinski definition) is 0. The molecule has 2 saturated carbocycles. The van der Waals surface area contributed by atoms with Crippen molar-refractivity contribution in [2.45, 2.75) is 69.6 Å². The Bertz CT molecular complexity index is 3180. The van der Waals surface area contributed by atoms with E-state index in [4.69, 9.17) is 0 Å². The largest absolute Gasteiger partial charge is 0.310 e. The van der Waals surface area contributed by atoms with Gasteiger partial charge >= 0.3 is 0 Å². The van der Waals surface area contributed by atoms with Crippen molar-refractivity contribution in [3.63, 3.8) is 0 Å². The fourth-order valence-electron chi connectivity index (χ4n) is 13.6. The van der Waals surface area contributed by atoms with E-state index in [1.54, 1.807) is 11.1 Å². The maximum absolute atomic E-state index is 2.61. The van der Waals surface area contributed by atoms with Crippen molar-refractivity contribution in [1.29, 1.82) is 0 Å². The zero-order valence-corrected chi connectivity index (χ0v) is 36.2. The highest BCUT2D eigenvalue weighted by molar-refractivity contribution is 5.94. The van der Waals surface area contributed by atoms with Crippen molar-refractivity contribution >= 4 is 17.1 Å². The summed E-state index contributed by atoms with van der Waals surface area (Å²) in [5.74, 6) is 1.51. The van der Waals surface area contributed by atoms with Crippen LogP contribution >= 0.6 is 0 Å². The minimum absolute atomic E-state index is 0.0851. The van der Waals surface area contributed by atoms with Crippen LogP contribution in [0.4, 0.5) is 17.1 Å². The highest BCUT2D eigenvalue weighted by atomic mass is 15.1. The smallest absolute Gasteiger partial charge is 0.0540 e. The number of rotatable bonds is 5. The minimum Gasteiger partial charge on any atom is -0.310 e. The molecule has 2 bridgehead atoms. The molecule has 62 heavy (non-hydrogen) atoms. The van der Waals surface area contributed by atoms with Gasteiger partial charge < -0.3 is 4.90 Å². The summed E-state index contributed by atoms with van der Waals surface area (Å²) in [6, 6.07) is 67.5. The fraction of sp³-hybridized carbons (Fsp3) is 0.213. The standard InChI is InChI=1S/C61H51N/c1-59(2)52-23-9-5-18-46(52)49-31-28-40(35-55(49)59)44-17-8-12-26-57(44)62(43-30-32-50-47-19-7-11-25-54(47)61(56(50)36-43)37-38-27-29-41(61)33-38)42-16-13-15-39(34-42)45-21-14-22-51-48-20-6-10-24-53(48)60(3,4)58(45)51/h5-26,28,30-32,34-36,38,41H,27,29,33,37H2,1-4H3. The second kappa shape index (κ2) is 12.8. The first-order valence-corrected chi connectivity index (χ1v) is 23.0. The molecular weight excluding hydrogens is 747 g/mol. The van der Waals surface area contributed by atoms with Gasteiger partial charge in [0.25, 0.3) is 0 Å². The van der Waals surface area contributed by atoms with E-state index in [9.17, 15) is 0 Å². The number of para-hydroxylation sites is 1. The molecule has 0 aliphatic heterocycles. The molecule has 5 aliphatic carbocycles. The van der Waals surface area contributed by atoms with Crippen LogP contribution in [0, 0.1) is 11.8 Å². The van der Waals surface area contributed by atoms with Gasteiger partial charge in [-0.05, 0) is 151 Å². The number of benzene rings is 8. The van der Waals surface area contributed by atoms with E-state index in [1.807, 2.05) is 0 Å². The normalized spacial score (nSPS) is 21.0. The average Bonchev–Trinajstić information content (AvgIpc) is 4.10. The first-order chi connectivity index (χ1) is 30.2. The van der Waals surface area contributed by atoms with E-state index >= 15 is 0 Å². The molecule has 2 fully saturated rings. The molecule has 0 saturated heterocycles. The molecule has 13 rings (SSSR count). The molecular formula is C61H51N. The Morgan fingerprint density at radius 3 is 1.73 bits per heavy atom. The van der Waals surface area contributed by atoms with Crippen LogP contribution in [-0.4, -0.2) is 0 Å². The summed E-state index contributed by atoms with van der Waals surface area (Å²) < 4.78 is 0. The van der Waals surface area contributed by atoms with Gasteiger partial charge in [-0.25, -0.2) is 0 Å². The van der Waals surface area contributed by atoms with Gasteiger partial charge in [0, 0.05) is 33.2 Å². The van der Waals surface area contributed by atoms with E-state index in [-0.39, 0.29) is 16.2 Å². The molecule has 0 amide bonds. The summed E-state index contributed by atoms with van der Waals surface area (Å²) in [5.41, 5.74) is 25.6. The van der Waals surface area contributed by atoms with E-state index in [0.717, 1.165) is 5.92 Å². The Morgan fingerprint density at radius 1 is 0.403 bits per heavy atom. The summed E-state index contributed by atoms with van der Waals surface area (Å²) in [7, 11) is 0. The van der Waals surface area contributed by atoms with Gasteiger partial charge in [-0.3, -0.25) is 0 Å². The molecule has 0 heterocycles. The SMILES string of the molecule is CC1(C)c2ccccc2-c2ccc(-c3ccccc3N(c3cccc(-c4cccc5c4C(C)(C)c4ccccc4-5)c3)c3ccc4c(c3)C3(CC5CCC3C5)c3ccccc3-4)cc21. The molecule has 0 N–H and O–H groups in total. The molecule has 3 unspecified atom stereocenters. The maximum atomic E-state index is 2.61. The lowest BCUT2D eigenvalue weighted by atomic mass is 9.67. The van der Waals surface area contributed by atoms with Gasteiger partial charge in [-0.1, -0.05) is 174 Å². The van der Waals surface area contributed by atoms with Crippen LogP contribution in [0.1, 0.15) is 86.8 Å². The van der Waals surface area contributed by atoms with Crippen molar-refractivity contribution < 1.29 is 0 Å². The Labute approximate surface area is 366 Å². The summed E-state index contributed by atoms with van der Waals surface area (Å²) in [4.78, 5) is 2.58. The number of nitrogens with zero attached hydrogens (tertiary/aromatic N) is 1. The van der Waals surface area contributed by atoms with Crippen LogP contribution in [0.5, 0.6) is 0 Å². The van der Waals surface area contributed by atoms with Gasteiger partial charge in [-0.2, -0.15) is 0 Å². The van der Waals surface area contributed by atoms with Crippen LogP contribution in [0.3, 0.4) is 0 Å². The Morgan fingerprint density at radius 2 is 0.968 bits per heavy atom. The number of hydrogen-bond acceptors (Lipinski definition) is 1. The first kappa shape index (κ1) is 36.2. The van der Waals surface area contributed by atoms with Crippen molar-refractivity contribution in [3.8, 4) is 55.6 Å². The van der Waals surface area contributed by atoms with Crippen molar-refractivity contribution in [3.05, 3.63) is 209 Å². The van der Waals surface area contributed by atoms with Gasteiger partial charge in [0.1, 0.15) is 0 Å². The minimum atomic E-state index is -0.115. The van der Waals surface area contributed by atoms with Crippen molar-refractivity contribution in [2.24, 2.45) is 11.8 Å². The first-order valence-electron chi connectivity index (χ1n) is 23.0. The lowest BCUT2D eigenvalue weighted by Crippen LogP contribution is -2.32. The van der Waals surface area contributed by atoms with Crippen molar-refractivity contribution in [2.75, 3.05) is 4.90 Å². The lowest BCUT2D eigenvalue weighted by molar-refractivity contribution is 0.327. The van der Waals surface area contributed by atoms with E-state index < -0.39 is 0 Å². The molecule has 1 spiro atoms. The molecule has 0 radical (unpaired) electrons. The highest BCUT2D eigenvalue weighted by Crippen LogP contribution is 2.66. The topological polar surface area (TPSA) is 3.24 Å². The summed E-state index contributed by atoms with van der Waals surface area (Å²) in [6.45, 7) is 9.58. The second-order valence-corrected chi connectivity index (χ2v) is 20.1. The van der Waals surface area contributed by atoms with Crippen LogP contribution in [0.2, 0.25) is 0 Å². The quantitative estimate of drug-likeness (QED) is 0.168. The zero-order valence-electron chi connectivity index (χ0n) is 36.2. The lowest BCUT2D eigenvalue weighted by Gasteiger charge is -2.37. The zero-order chi connectivity index (χ0) is 41.5. The third-order valence-electron chi connectivity index (χ3n) is 16.3. The van der Waals surface area contributed by atoms with Gasteiger partial charge in [-0.15, -0.1) is 0 Å². The highest BCUT2D eigenvalue weighted by Gasteiger charge is 2.56. The Balaban J connectivity index is 1.02. The van der Waals surface area contributed by atoms with E-state index in [2.05, 4.69) is 209 Å². The van der Waals surface area contributed by atoms with E-state index in [0.29, 0.717) is 5.92 Å². The summed E-state index contributed by atoms with van der Waals surface area (Å²) >= 11 is 0. The molecule has 300 valence electrons. The van der Waals surface area contributed by atoms with Crippen LogP contribution < -0.4 is 4.90 Å².